The Morgan fingerprint density at radius 3 is 2.31 bits per heavy atom. The van der Waals surface area contributed by atoms with Crippen LogP contribution in [0.3, 0.4) is 0 Å². The lowest BCUT2D eigenvalue weighted by atomic mass is 10.3. The number of nitrogens with two attached hydrogens (primary N) is 1. The van der Waals surface area contributed by atoms with Gasteiger partial charge >= 0.3 is 0 Å². The number of amides is 2. The highest BCUT2D eigenvalue weighted by atomic mass is 79.9. The third-order valence-corrected chi connectivity index (χ3v) is 5.81. The maximum absolute atomic E-state index is 13.0. The molecular formula is C16H15BrClN3O4S. The molecule has 2 amide bonds. The molecule has 0 aliphatic carbocycles. The summed E-state index contributed by atoms with van der Waals surface area (Å²) < 4.78 is 27.5. The van der Waals surface area contributed by atoms with E-state index in [9.17, 15) is 18.0 Å². The largest absolute Gasteiger partial charge is 0.368 e. The number of rotatable bonds is 6. The van der Waals surface area contributed by atoms with Crippen LogP contribution in [0.5, 0.6) is 0 Å². The fourth-order valence-corrected chi connectivity index (χ4v) is 4.44. The Hall–Kier alpha value is -2.10. The summed E-state index contributed by atoms with van der Waals surface area (Å²) in [5, 5.41) is 2.68. The SMILES string of the molecule is CC(=O)Nc1ccc(S(=O)(=O)N(CC(N)=O)c2ccc(Br)cc2Cl)cc1. The summed E-state index contributed by atoms with van der Waals surface area (Å²) >= 11 is 9.39. The molecule has 0 saturated carbocycles. The van der Waals surface area contributed by atoms with Crippen LogP contribution in [0.1, 0.15) is 6.92 Å². The van der Waals surface area contributed by atoms with Gasteiger partial charge in [-0.2, -0.15) is 0 Å². The average molecular weight is 461 g/mol. The van der Waals surface area contributed by atoms with Crippen molar-refractivity contribution in [3.63, 3.8) is 0 Å². The smallest absolute Gasteiger partial charge is 0.264 e. The molecule has 0 unspecified atom stereocenters. The Kier molecular flexibility index (Phi) is 6.27. The van der Waals surface area contributed by atoms with Crippen LogP contribution in [-0.2, 0) is 19.6 Å². The van der Waals surface area contributed by atoms with Gasteiger partial charge in [0.25, 0.3) is 10.0 Å². The van der Waals surface area contributed by atoms with Crippen LogP contribution in [0, 0.1) is 0 Å². The van der Waals surface area contributed by atoms with Crippen LogP contribution < -0.4 is 15.4 Å². The summed E-state index contributed by atoms with van der Waals surface area (Å²) in [4.78, 5) is 22.4. The zero-order chi connectivity index (χ0) is 19.5. The van der Waals surface area contributed by atoms with Gasteiger partial charge in [-0.15, -0.1) is 0 Å². The van der Waals surface area contributed by atoms with E-state index in [4.69, 9.17) is 17.3 Å². The van der Waals surface area contributed by atoms with Crippen molar-refractivity contribution < 1.29 is 18.0 Å². The summed E-state index contributed by atoms with van der Waals surface area (Å²) in [5.74, 6) is -1.11. The lowest BCUT2D eigenvalue weighted by Gasteiger charge is -2.24. The number of nitrogens with one attached hydrogen (secondary N) is 1. The summed E-state index contributed by atoms with van der Waals surface area (Å²) in [6.07, 6.45) is 0. The van der Waals surface area contributed by atoms with Gasteiger partial charge in [0.05, 0.1) is 15.6 Å². The van der Waals surface area contributed by atoms with Crippen molar-refractivity contribution in [1.29, 1.82) is 0 Å². The minimum absolute atomic E-state index is 0.0770. The highest BCUT2D eigenvalue weighted by Crippen LogP contribution is 2.32. The minimum Gasteiger partial charge on any atom is -0.368 e. The molecule has 7 nitrogen and oxygen atoms in total. The maximum Gasteiger partial charge on any atom is 0.264 e. The van der Waals surface area contributed by atoms with Gasteiger partial charge in [-0.25, -0.2) is 8.42 Å². The normalized spacial score (nSPS) is 11.0. The molecule has 0 radical (unpaired) electrons. The van der Waals surface area contributed by atoms with E-state index in [0.717, 1.165) is 4.31 Å². The van der Waals surface area contributed by atoms with Gasteiger partial charge in [-0.1, -0.05) is 27.5 Å². The number of carbonyl (C=O) groups excluding carboxylic acids is 2. The van der Waals surface area contributed by atoms with Crippen LogP contribution >= 0.6 is 27.5 Å². The molecule has 0 fully saturated rings. The Morgan fingerprint density at radius 2 is 1.81 bits per heavy atom. The lowest BCUT2D eigenvalue weighted by molar-refractivity contribution is -0.116. The van der Waals surface area contributed by atoms with E-state index in [1.165, 1.54) is 43.3 Å². The molecule has 0 heterocycles. The van der Waals surface area contributed by atoms with E-state index in [0.29, 0.717) is 10.2 Å². The number of nitrogens with zero attached hydrogens (tertiary/aromatic N) is 1. The summed E-state index contributed by atoms with van der Waals surface area (Å²) in [6, 6.07) is 10.1. The van der Waals surface area contributed by atoms with E-state index < -0.39 is 22.5 Å². The van der Waals surface area contributed by atoms with Crippen molar-refractivity contribution in [2.45, 2.75) is 11.8 Å². The third-order valence-electron chi connectivity index (χ3n) is 3.24. The summed E-state index contributed by atoms with van der Waals surface area (Å²) in [5.41, 5.74) is 5.79. The number of carbonyl (C=O) groups is 2. The molecule has 0 saturated heterocycles. The fraction of sp³-hybridized carbons (Fsp3) is 0.125. The molecule has 0 bridgehead atoms. The summed E-state index contributed by atoms with van der Waals surface area (Å²) in [6.45, 7) is 0.770. The van der Waals surface area contributed by atoms with Crippen molar-refractivity contribution >= 4 is 60.7 Å². The molecule has 0 aliphatic heterocycles. The van der Waals surface area contributed by atoms with Crippen LogP contribution in [-0.4, -0.2) is 26.8 Å². The van der Waals surface area contributed by atoms with Crippen LogP contribution in [0.2, 0.25) is 5.02 Å². The lowest BCUT2D eigenvalue weighted by Crippen LogP contribution is -2.38. The van der Waals surface area contributed by atoms with Crippen LogP contribution in [0.25, 0.3) is 0 Å². The molecular weight excluding hydrogens is 446 g/mol. The zero-order valence-corrected chi connectivity index (χ0v) is 16.7. The molecule has 2 aromatic rings. The Labute approximate surface area is 164 Å². The molecule has 3 N–H and O–H groups in total. The van der Waals surface area contributed by atoms with E-state index in [1.54, 1.807) is 6.07 Å². The Bertz CT molecular complexity index is 948. The molecule has 0 aromatic heterocycles. The Morgan fingerprint density at radius 1 is 1.19 bits per heavy atom. The van der Waals surface area contributed by atoms with E-state index in [-0.39, 0.29) is 21.5 Å². The second kappa shape index (κ2) is 8.07. The third kappa shape index (κ3) is 4.75. The zero-order valence-electron chi connectivity index (χ0n) is 13.6. The van der Waals surface area contributed by atoms with Gasteiger partial charge < -0.3 is 11.1 Å². The second-order valence-corrected chi connectivity index (χ2v) is 8.46. The molecule has 26 heavy (non-hydrogen) atoms. The van der Waals surface area contributed by atoms with Gasteiger partial charge in [0.15, 0.2) is 0 Å². The summed E-state index contributed by atoms with van der Waals surface area (Å²) in [7, 11) is -4.11. The van der Waals surface area contributed by atoms with Gasteiger partial charge in [-0.3, -0.25) is 13.9 Å². The average Bonchev–Trinajstić information content (AvgIpc) is 2.53. The van der Waals surface area contributed by atoms with E-state index in [1.807, 2.05) is 0 Å². The number of benzene rings is 2. The highest BCUT2D eigenvalue weighted by molar-refractivity contribution is 9.10. The first-order valence-corrected chi connectivity index (χ1v) is 9.86. The van der Waals surface area contributed by atoms with E-state index in [2.05, 4.69) is 21.2 Å². The molecule has 0 atom stereocenters. The molecule has 10 heteroatoms. The van der Waals surface area contributed by atoms with Crippen molar-refractivity contribution in [1.82, 2.24) is 0 Å². The predicted molar refractivity (Wildman–Crippen MR) is 104 cm³/mol. The van der Waals surface area contributed by atoms with Crippen molar-refractivity contribution in [3.8, 4) is 0 Å². The van der Waals surface area contributed by atoms with Gasteiger partial charge in [0.2, 0.25) is 11.8 Å². The van der Waals surface area contributed by atoms with Crippen molar-refractivity contribution in [3.05, 3.63) is 52.0 Å². The topological polar surface area (TPSA) is 110 Å². The number of halogens is 2. The molecule has 2 rings (SSSR count). The van der Waals surface area contributed by atoms with Crippen molar-refractivity contribution in [2.24, 2.45) is 5.73 Å². The number of hydrogen-bond donors (Lipinski definition) is 2. The number of hydrogen-bond acceptors (Lipinski definition) is 4. The predicted octanol–water partition coefficient (Wildman–Crippen LogP) is 2.74. The minimum atomic E-state index is -4.11. The number of primary amides is 1. The highest BCUT2D eigenvalue weighted by Gasteiger charge is 2.28. The van der Waals surface area contributed by atoms with Gasteiger partial charge in [0, 0.05) is 17.1 Å². The molecule has 0 spiro atoms. The molecule has 0 aliphatic rings. The van der Waals surface area contributed by atoms with Crippen LogP contribution in [0.15, 0.2) is 51.8 Å². The number of sulfonamides is 1. The number of anilines is 2. The van der Waals surface area contributed by atoms with Gasteiger partial charge in [0.1, 0.15) is 6.54 Å². The quantitative estimate of drug-likeness (QED) is 0.690. The second-order valence-electron chi connectivity index (χ2n) is 5.28. The molecule has 2 aromatic carbocycles. The standard InChI is InChI=1S/C16H15BrClN3O4S/c1-10(22)20-12-3-5-13(6-4-12)26(24,25)21(9-16(19)23)15-7-2-11(17)8-14(15)18/h2-8H,9H2,1H3,(H2,19,23)(H,20,22). The van der Waals surface area contributed by atoms with Crippen LogP contribution in [0.4, 0.5) is 11.4 Å². The van der Waals surface area contributed by atoms with Crippen molar-refractivity contribution in [2.75, 3.05) is 16.2 Å². The Balaban J connectivity index is 2.49. The van der Waals surface area contributed by atoms with E-state index >= 15 is 0 Å². The monoisotopic (exact) mass is 459 g/mol. The fourth-order valence-electron chi connectivity index (χ4n) is 2.17. The first kappa shape index (κ1) is 20.2. The maximum atomic E-state index is 13.0. The van der Waals surface area contributed by atoms with Gasteiger partial charge in [-0.05, 0) is 42.5 Å². The first-order chi connectivity index (χ1) is 12.1. The molecule has 138 valence electrons. The first-order valence-electron chi connectivity index (χ1n) is 7.25.